The fourth-order valence-electron chi connectivity index (χ4n) is 1.40. The number of hydrogen-bond acceptors (Lipinski definition) is 3. The summed E-state index contributed by atoms with van der Waals surface area (Å²) in [5.41, 5.74) is 0. The molecule has 0 spiro atoms. The number of rotatable bonds is 8. The minimum absolute atomic E-state index is 0.104. The van der Waals surface area contributed by atoms with Crippen molar-refractivity contribution in [2.75, 3.05) is 19.6 Å². The fraction of sp³-hybridized carbons (Fsp3) is 0.583. The molecule has 0 bridgehead atoms. The summed E-state index contributed by atoms with van der Waals surface area (Å²) in [5.74, 6) is 0.104. The Morgan fingerprint density at radius 1 is 1.35 bits per heavy atom. The van der Waals surface area contributed by atoms with Crippen LogP contribution in [0.15, 0.2) is 12.1 Å². The Morgan fingerprint density at radius 3 is 2.82 bits per heavy atom. The van der Waals surface area contributed by atoms with Crippen LogP contribution in [0.2, 0.25) is 4.34 Å². The van der Waals surface area contributed by atoms with E-state index in [9.17, 15) is 4.79 Å². The van der Waals surface area contributed by atoms with Gasteiger partial charge in [0.1, 0.15) is 0 Å². The third kappa shape index (κ3) is 6.66. The number of halogens is 1. The van der Waals surface area contributed by atoms with Gasteiger partial charge in [0.2, 0.25) is 5.91 Å². The van der Waals surface area contributed by atoms with E-state index in [1.807, 2.05) is 12.1 Å². The first kappa shape index (κ1) is 14.5. The Balaban J connectivity index is 2.05. The summed E-state index contributed by atoms with van der Waals surface area (Å²) in [6, 6.07) is 3.84. The van der Waals surface area contributed by atoms with Crippen LogP contribution in [0, 0.1) is 0 Å². The molecule has 1 rings (SSSR count). The summed E-state index contributed by atoms with van der Waals surface area (Å²) in [4.78, 5) is 12.6. The third-order valence-electron chi connectivity index (χ3n) is 2.28. The molecule has 1 aromatic rings. The zero-order valence-electron chi connectivity index (χ0n) is 10.1. The van der Waals surface area contributed by atoms with E-state index in [0.29, 0.717) is 13.0 Å². The van der Waals surface area contributed by atoms with E-state index in [-0.39, 0.29) is 5.91 Å². The molecule has 0 aliphatic carbocycles. The summed E-state index contributed by atoms with van der Waals surface area (Å²) in [7, 11) is 0. The quantitative estimate of drug-likeness (QED) is 0.715. The van der Waals surface area contributed by atoms with E-state index in [1.54, 1.807) is 0 Å². The Hall–Kier alpha value is -0.580. The van der Waals surface area contributed by atoms with Crippen LogP contribution >= 0.6 is 22.9 Å². The number of carbonyl (C=O) groups is 1. The van der Waals surface area contributed by atoms with E-state index >= 15 is 0 Å². The summed E-state index contributed by atoms with van der Waals surface area (Å²) in [5, 5.41) is 6.13. The van der Waals surface area contributed by atoms with Gasteiger partial charge in [-0.15, -0.1) is 11.3 Å². The average Bonchev–Trinajstić information content (AvgIpc) is 2.72. The largest absolute Gasteiger partial charge is 0.355 e. The molecule has 0 aliphatic rings. The maximum absolute atomic E-state index is 11.5. The number of carbonyl (C=O) groups excluding carboxylic acids is 1. The molecule has 0 fully saturated rings. The van der Waals surface area contributed by atoms with Gasteiger partial charge >= 0.3 is 0 Å². The molecular weight excluding hydrogens is 256 g/mol. The van der Waals surface area contributed by atoms with Crippen molar-refractivity contribution in [3.8, 4) is 0 Å². The number of thiophene rings is 1. The highest BCUT2D eigenvalue weighted by atomic mass is 35.5. The monoisotopic (exact) mass is 274 g/mol. The maximum atomic E-state index is 11.5. The van der Waals surface area contributed by atoms with Crippen molar-refractivity contribution in [2.45, 2.75) is 26.2 Å². The summed E-state index contributed by atoms with van der Waals surface area (Å²) in [6.07, 6.45) is 2.42. The first-order valence-corrected chi connectivity index (χ1v) is 7.13. The SMILES string of the molecule is CCCNCCNC(=O)CCc1ccc(Cl)s1. The predicted octanol–water partition coefficient (Wildman–Crippen LogP) is 2.45. The lowest BCUT2D eigenvalue weighted by atomic mass is 10.2. The molecule has 0 atom stereocenters. The van der Waals surface area contributed by atoms with Gasteiger partial charge in [-0.05, 0) is 31.5 Å². The first-order chi connectivity index (χ1) is 8.22. The molecule has 0 saturated carbocycles. The van der Waals surface area contributed by atoms with Crippen LogP contribution in [-0.4, -0.2) is 25.5 Å². The molecular formula is C12H19ClN2OS. The molecule has 17 heavy (non-hydrogen) atoms. The summed E-state index contributed by atoms with van der Waals surface area (Å²) in [6.45, 7) is 4.66. The Bertz CT molecular complexity index is 341. The molecule has 0 aromatic carbocycles. The predicted molar refractivity (Wildman–Crippen MR) is 73.8 cm³/mol. The third-order valence-corrected chi connectivity index (χ3v) is 3.57. The molecule has 1 heterocycles. The molecule has 5 heteroatoms. The van der Waals surface area contributed by atoms with Gasteiger partial charge in [-0.3, -0.25) is 4.79 Å². The molecule has 0 radical (unpaired) electrons. The van der Waals surface area contributed by atoms with Crippen LogP contribution in [0.1, 0.15) is 24.6 Å². The van der Waals surface area contributed by atoms with Gasteiger partial charge in [0.15, 0.2) is 0 Å². The van der Waals surface area contributed by atoms with Crippen molar-refractivity contribution >= 4 is 28.8 Å². The summed E-state index contributed by atoms with van der Waals surface area (Å²) >= 11 is 7.36. The van der Waals surface area contributed by atoms with Crippen molar-refractivity contribution in [1.29, 1.82) is 0 Å². The van der Waals surface area contributed by atoms with Crippen molar-refractivity contribution in [3.63, 3.8) is 0 Å². The van der Waals surface area contributed by atoms with Crippen molar-refractivity contribution in [1.82, 2.24) is 10.6 Å². The molecule has 1 aromatic heterocycles. The van der Waals surface area contributed by atoms with Gasteiger partial charge in [-0.2, -0.15) is 0 Å². The van der Waals surface area contributed by atoms with Crippen LogP contribution in [-0.2, 0) is 11.2 Å². The number of nitrogens with one attached hydrogen (secondary N) is 2. The molecule has 0 saturated heterocycles. The van der Waals surface area contributed by atoms with Crippen molar-refractivity contribution < 1.29 is 4.79 Å². The number of amides is 1. The standard InChI is InChI=1S/C12H19ClN2OS/c1-2-7-14-8-9-15-12(16)6-4-10-3-5-11(13)17-10/h3,5,14H,2,4,6-9H2,1H3,(H,15,16). The van der Waals surface area contributed by atoms with Gasteiger partial charge in [0, 0.05) is 24.4 Å². The van der Waals surface area contributed by atoms with E-state index < -0.39 is 0 Å². The lowest BCUT2D eigenvalue weighted by Crippen LogP contribution is -2.32. The van der Waals surface area contributed by atoms with Gasteiger partial charge < -0.3 is 10.6 Å². The highest BCUT2D eigenvalue weighted by Crippen LogP contribution is 2.22. The summed E-state index contributed by atoms with van der Waals surface area (Å²) < 4.78 is 0.782. The lowest BCUT2D eigenvalue weighted by molar-refractivity contribution is -0.121. The molecule has 3 nitrogen and oxygen atoms in total. The molecule has 2 N–H and O–H groups in total. The van der Waals surface area contributed by atoms with Crippen LogP contribution in [0.25, 0.3) is 0 Å². The van der Waals surface area contributed by atoms with Crippen LogP contribution in [0.4, 0.5) is 0 Å². The maximum Gasteiger partial charge on any atom is 0.220 e. The first-order valence-electron chi connectivity index (χ1n) is 5.94. The van der Waals surface area contributed by atoms with Crippen LogP contribution < -0.4 is 10.6 Å². The molecule has 0 aliphatic heterocycles. The minimum atomic E-state index is 0.104. The molecule has 0 unspecified atom stereocenters. The van der Waals surface area contributed by atoms with Gasteiger partial charge in [-0.1, -0.05) is 18.5 Å². The topological polar surface area (TPSA) is 41.1 Å². The van der Waals surface area contributed by atoms with Crippen molar-refractivity contribution in [3.05, 3.63) is 21.3 Å². The second kappa shape index (κ2) is 8.50. The van der Waals surface area contributed by atoms with Gasteiger partial charge in [0.05, 0.1) is 4.34 Å². The second-order valence-electron chi connectivity index (χ2n) is 3.81. The average molecular weight is 275 g/mol. The van der Waals surface area contributed by atoms with Gasteiger partial charge in [-0.25, -0.2) is 0 Å². The van der Waals surface area contributed by atoms with E-state index in [0.717, 1.165) is 35.1 Å². The zero-order chi connectivity index (χ0) is 12.5. The number of aryl methyl sites for hydroxylation is 1. The van der Waals surface area contributed by atoms with Crippen LogP contribution in [0.5, 0.6) is 0 Å². The van der Waals surface area contributed by atoms with E-state index in [4.69, 9.17) is 11.6 Å². The number of hydrogen-bond donors (Lipinski definition) is 2. The van der Waals surface area contributed by atoms with Crippen LogP contribution in [0.3, 0.4) is 0 Å². The Labute approximate surface area is 112 Å². The zero-order valence-corrected chi connectivity index (χ0v) is 11.7. The van der Waals surface area contributed by atoms with E-state index in [1.165, 1.54) is 11.3 Å². The molecule has 1 amide bonds. The minimum Gasteiger partial charge on any atom is -0.355 e. The lowest BCUT2D eigenvalue weighted by Gasteiger charge is -2.05. The smallest absolute Gasteiger partial charge is 0.220 e. The second-order valence-corrected chi connectivity index (χ2v) is 5.61. The normalized spacial score (nSPS) is 10.5. The van der Waals surface area contributed by atoms with Crippen molar-refractivity contribution in [2.24, 2.45) is 0 Å². The van der Waals surface area contributed by atoms with E-state index in [2.05, 4.69) is 17.6 Å². The Morgan fingerprint density at radius 2 is 2.18 bits per heavy atom. The fourth-order valence-corrected chi connectivity index (χ4v) is 2.49. The van der Waals surface area contributed by atoms with Gasteiger partial charge in [0.25, 0.3) is 0 Å². The highest BCUT2D eigenvalue weighted by Gasteiger charge is 2.03. The molecule has 96 valence electrons. The Kier molecular flexibility index (Phi) is 7.24. The highest BCUT2D eigenvalue weighted by molar-refractivity contribution is 7.16.